The molecule has 248 valence electrons. The van der Waals surface area contributed by atoms with Crippen LogP contribution in [-0.2, 0) is 41.5 Å². The van der Waals surface area contributed by atoms with Crippen LogP contribution in [0.4, 0.5) is 11.4 Å². The van der Waals surface area contributed by atoms with Crippen LogP contribution in [0.25, 0.3) is 0 Å². The fraction of sp³-hybridized carbons (Fsp3) is 0.469. The minimum atomic E-state index is -3.53. The molecule has 13 nitrogen and oxygen atoms in total. The van der Waals surface area contributed by atoms with Gasteiger partial charge in [0.05, 0.1) is 18.2 Å². The highest BCUT2D eigenvalue weighted by Gasteiger charge is 2.41. The normalized spacial score (nSPS) is 21.6. The molecule has 0 aromatic heterocycles. The van der Waals surface area contributed by atoms with Gasteiger partial charge in [-0.1, -0.05) is 18.2 Å². The van der Waals surface area contributed by atoms with Crippen LogP contribution in [0.2, 0.25) is 12.1 Å². The van der Waals surface area contributed by atoms with Gasteiger partial charge >= 0.3 is 0 Å². The Kier molecular flexibility index (Phi) is 8.98. The van der Waals surface area contributed by atoms with Crippen LogP contribution in [0, 0.1) is 5.92 Å². The number of sulfonamides is 1. The molecule has 4 aliphatic heterocycles. The first-order valence-electron chi connectivity index (χ1n) is 15.7. The molecule has 0 aliphatic carbocycles. The topological polar surface area (TPSA) is 165 Å². The molecule has 0 spiro atoms. The lowest BCUT2D eigenvalue weighted by Gasteiger charge is -2.41. The number of imide groups is 1. The fourth-order valence-corrected chi connectivity index (χ4v) is 10.2. The molecule has 0 bridgehead atoms. The fourth-order valence-electron chi connectivity index (χ4n) is 6.64. The Morgan fingerprint density at radius 2 is 1.85 bits per heavy atom. The van der Waals surface area contributed by atoms with Crippen LogP contribution < -0.4 is 16.0 Å². The average Bonchev–Trinajstić information content (AvgIpc) is 3.31. The Balaban J connectivity index is 0.994. The lowest BCUT2D eigenvalue weighted by molar-refractivity contribution is -0.140. The second kappa shape index (κ2) is 12.8. The third-order valence-electron chi connectivity index (χ3n) is 9.22. The summed E-state index contributed by atoms with van der Waals surface area (Å²) in [6.07, 6.45) is 0.430. The van der Waals surface area contributed by atoms with Crippen molar-refractivity contribution in [2.45, 2.75) is 62.7 Å². The van der Waals surface area contributed by atoms with E-state index in [4.69, 9.17) is 0 Å². The van der Waals surface area contributed by atoms with Crippen LogP contribution in [-0.4, -0.2) is 99.3 Å². The zero-order chi connectivity index (χ0) is 33.5. The molecule has 3 N–H and O–H groups in total. The van der Waals surface area contributed by atoms with Gasteiger partial charge in [-0.2, -0.15) is 4.31 Å². The number of rotatable bonds is 9. The van der Waals surface area contributed by atoms with Crippen molar-refractivity contribution in [2.75, 3.05) is 36.8 Å². The van der Waals surface area contributed by atoms with E-state index in [9.17, 15) is 32.4 Å². The third-order valence-corrected chi connectivity index (χ3v) is 13.0. The number of piperidine rings is 1. The molecular weight excluding hydrogens is 641 g/mol. The van der Waals surface area contributed by atoms with E-state index >= 15 is 0 Å². The summed E-state index contributed by atoms with van der Waals surface area (Å²) in [5.41, 5.74) is 2.43. The van der Waals surface area contributed by atoms with E-state index in [0.29, 0.717) is 34.6 Å². The molecule has 3 fully saturated rings. The van der Waals surface area contributed by atoms with Gasteiger partial charge in [0, 0.05) is 70.2 Å². The number of hydrogen-bond donors (Lipinski definition) is 3. The predicted molar refractivity (Wildman–Crippen MR) is 175 cm³/mol. The smallest absolute Gasteiger partial charge is 0.255 e. The standard InChI is InChI=1S/C32H38N6O7SSi/c1-32(2)19-47-12-11-38(32)46(44,45)18-20-5-3-6-22(13-20)34-29(41)21-15-36(16-21)28(40)14-33-25-8-4-7-23-24(25)17-37(31(23)43)26-9-10-27(39)35-30(26)42/h3-8,13,21,26,33H,9-12,14-19H2,1-2H3,(H,34,41)(H,35,39,42). The number of fused-ring (bicyclic) bond motifs is 1. The van der Waals surface area contributed by atoms with E-state index in [1.165, 1.54) is 4.90 Å². The first kappa shape index (κ1) is 32.8. The number of benzene rings is 2. The molecular formula is C32H38N6O7SSi. The van der Waals surface area contributed by atoms with E-state index in [1.54, 1.807) is 51.7 Å². The molecule has 2 radical (unpaired) electrons. The highest BCUT2D eigenvalue weighted by molar-refractivity contribution is 7.88. The Hall–Kier alpha value is -4.08. The Labute approximate surface area is 276 Å². The summed E-state index contributed by atoms with van der Waals surface area (Å²) >= 11 is 0. The van der Waals surface area contributed by atoms with Crippen LogP contribution in [0.5, 0.6) is 0 Å². The second-order valence-corrected chi connectivity index (χ2v) is 16.3. The van der Waals surface area contributed by atoms with Gasteiger partial charge in [-0.25, -0.2) is 8.42 Å². The molecule has 47 heavy (non-hydrogen) atoms. The number of anilines is 2. The lowest BCUT2D eigenvalue weighted by atomic mass is 9.98. The largest absolute Gasteiger partial charge is 0.376 e. The maximum Gasteiger partial charge on any atom is 0.255 e. The van der Waals surface area contributed by atoms with Gasteiger partial charge in [0.1, 0.15) is 6.04 Å². The summed E-state index contributed by atoms with van der Waals surface area (Å²) in [5, 5.41) is 8.28. The van der Waals surface area contributed by atoms with Crippen LogP contribution in [0.1, 0.15) is 48.2 Å². The number of nitrogens with one attached hydrogen (secondary N) is 3. The minimum Gasteiger partial charge on any atom is -0.376 e. The highest BCUT2D eigenvalue weighted by atomic mass is 32.2. The number of hydrogen-bond acceptors (Lipinski definition) is 8. The summed E-state index contributed by atoms with van der Waals surface area (Å²) in [5.74, 6) is -2.12. The van der Waals surface area contributed by atoms with Gasteiger partial charge in [-0.3, -0.25) is 29.3 Å². The van der Waals surface area contributed by atoms with E-state index in [-0.39, 0.29) is 68.4 Å². The van der Waals surface area contributed by atoms with Gasteiger partial charge in [-0.05, 0) is 62.2 Å². The van der Waals surface area contributed by atoms with Crippen LogP contribution >= 0.6 is 0 Å². The Morgan fingerprint density at radius 3 is 2.60 bits per heavy atom. The van der Waals surface area contributed by atoms with Crippen molar-refractivity contribution in [3.63, 3.8) is 0 Å². The van der Waals surface area contributed by atoms with Crippen LogP contribution in [0.3, 0.4) is 0 Å². The SMILES string of the molecule is CC1(C)C[Si]CCN1S(=O)(=O)Cc1cccc(NC(=O)C2CN(C(=O)CNc3cccc4c3CN(C3CCC(=O)NC3=O)C4=O)C2)c1. The molecule has 2 aromatic rings. The molecule has 0 saturated carbocycles. The van der Waals surface area contributed by atoms with Gasteiger partial charge in [0.2, 0.25) is 33.7 Å². The first-order valence-corrected chi connectivity index (χ1v) is 18.7. The molecule has 6 rings (SSSR count). The highest BCUT2D eigenvalue weighted by Crippen LogP contribution is 2.33. The number of nitrogens with zero attached hydrogens (tertiary/aromatic N) is 3. The summed E-state index contributed by atoms with van der Waals surface area (Å²) in [6.45, 7) is 5.09. The quantitative estimate of drug-likeness (QED) is 0.265. The average molecular weight is 679 g/mol. The molecule has 4 aliphatic rings. The maximum absolute atomic E-state index is 13.2. The summed E-state index contributed by atoms with van der Waals surface area (Å²) in [6, 6.07) is 13.0. The lowest BCUT2D eigenvalue weighted by Crippen LogP contribution is -2.55. The number of amides is 5. The van der Waals surface area contributed by atoms with Crippen molar-refractivity contribution in [2.24, 2.45) is 5.92 Å². The Bertz CT molecular complexity index is 1740. The van der Waals surface area contributed by atoms with Crippen molar-refractivity contribution >= 4 is 60.5 Å². The molecule has 1 unspecified atom stereocenters. The van der Waals surface area contributed by atoms with Crippen molar-refractivity contribution in [1.82, 2.24) is 19.4 Å². The second-order valence-electron chi connectivity index (χ2n) is 13.1. The summed E-state index contributed by atoms with van der Waals surface area (Å²) in [4.78, 5) is 65.9. The van der Waals surface area contributed by atoms with Crippen molar-refractivity contribution in [3.8, 4) is 0 Å². The van der Waals surface area contributed by atoms with Gasteiger partial charge < -0.3 is 20.4 Å². The molecule has 15 heteroatoms. The number of carbonyl (C=O) groups is 5. The monoisotopic (exact) mass is 678 g/mol. The van der Waals surface area contributed by atoms with Crippen molar-refractivity contribution in [3.05, 3.63) is 59.2 Å². The zero-order valence-electron chi connectivity index (χ0n) is 26.4. The Morgan fingerprint density at radius 1 is 1.09 bits per heavy atom. The van der Waals surface area contributed by atoms with Crippen molar-refractivity contribution < 1.29 is 32.4 Å². The number of carbonyl (C=O) groups excluding carboxylic acids is 5. The van der Waals surface area contributed by atoms with Gasteiger partial charge in [0.15, 0.2) is 0 Å². The molecule has 2 aromatic carbocycles. The van der Waals surface area contributed by atoms with Gasteiger partial charge in [-0.15, -0.1) is 0 Å². The molecule has 3 saturated heterocycles. The number of likely N-dealkylation sites (tertiary alicyclic amines) is 1. The maximum atomic E-state index is 13.2. The van der Waals surface area contributed by atoms with E-state index < -0.39 is 33.4 Å². The van der Waals surface area contributed by atoms with E-state index in [1.807, 2.05) is 13.8 Å². The molecule has 5 amide bonds. The minimum absolute atomic E-state index is 0.0395. The predicted octanol–water partition coefficient (Wildman–Crippen LogP) is 1.42. The summed E-state index contributed by atoms with van der Waals surface area (Å²) in [7, 11) is -2.77. The van der Waals surface area contributed by atoms with E-state index in [0.717, 1.165) is 21.6 Å². The summed E-state index contributed by atoms with van der Waals surface area (Å²) < 4.78 is 28.1. The van der Waals surface area contributed by atoms with Crippen LogP contribution in [0.15, 0.2) is 42.5 Å². The zero-order valence-corrected chi connectivity index (χ0v) is 28.2. The van der Waals surface area contributed by atoms with Gasteiger partial charge in [0.25, 0.3) is 5.91 Å². The third kappa shape index (κ3) is 6.83. The van der Waals surface area contributed by atoms with E-state index in [2.05, 4.69) is 16.0 Å². The van der Waals surface area contributed by atoms with Crippen molar-refractivity contribution in [1.29, 1.82) is 0 Å². The molecule has 1 atom stereocenters. The molecule has 4 heterocycles. The first-order chi connectivity index (χ1) is 22.3.